The zero-order chi connectivity index (χ0) is 25.8. The number of alkyl carbamates (subject to hydrolysis) is 1. The van der Waals surface area contributed by atoms with Crippen molar-refractivity contribution >= 4 is 29.5 Å². The number of carbonyl (C=O) groups is 1. The largest absolute Gasteiger partial charge is 0.497 e. The number of aliphatic hydroxyl groups is 1. The molecule has 4 aromatic carbocycles. The molecule has 0 saturated carbocycles. The smallest absolute Gasteiger partial charge is 0.407 e. The third kappa shape index (κ3) is 5.32. The Hall–Kier alpha value is -3.45. The van der Waals surface area contributed by atoms with E-state index in [2.05, 4.69) is 29.6 Å². The second kappa shape index (κ2) is 11.3. The molecule has 0 heterocycles. The van der Waals surface area contributed by atoms with Gasteiger partial charge in [-0.3, -0.25) is 0 Å². The minimum Gasteiger partial charge on any atom is -0.497 e. The lowest BCUT2D eigenvalue weighted by Gasteiger charge is -2.17. The van der Waals surface area contributed by atoms with Crippen molar-refractivity contribution in [2.75, 3.05) is 13.7 Å². The van der Waals surface area contributed by atoms with Crippen LogP contribution in [0.2, 0.25) is 5.02 Å². The third-order valence-corrected chi connectivity index (χ3v) is 8.17. The number of ether oxygens (including phenoxy) is 2. The lowest BCUT2D eigenvalue weighted by atomic mass is 9.98. The number of fused-ring (bicyclic) bond motifs is 3. The van der Waals surface area contributed by atoms with E-state index >= 15 is 0 Å². The van der Waals surface area contributed by atoms with E-state index in [0.717, 1.165) is 32.0 Å². The number of hydrogen-bond acceptors (Lipinski definition) is 5. The maximum atomic E-state index is 12.8. The van der Waals surface area contributed by atoms with Crippen LogP contribution in [0, 0.1) is 0 Å². The molecule has 2 N–H and O–H groups in total. The molecule has 1 aliphatic carbocycles. The van der Waals surface area contributed by atoms with E-state index in [1.807, 2.05) is 54.6 Å². The quantitative estimate of drug-likeness (QED) is 0.255. The molecular weight excluding hydrogens is 506 g/mol. The zero-order valence-corrected chi connectivity index (χ0v) is 21.8. The summed E-state index contributed by atoms with van der Waals surface area (Å²) in [6, 6.07) is 27.6. The van der Waals surface area contributed by atoms with Crippen LogP contribution >= 0.6 is 23.4 Å². The predicted molar refractivity (Wildman–Crippen MR) is 146 cm³/mol. The van der Waals surface area contributed by atoms with E-state index in [0.29, 0.717) is 10.8 Å². The fourth-order valence-corrected chi connectivity index (χ4v) is 6.04. The molecule has 0 fully saturated rings. The van der Waals surface area contributed by atoms with E-state index in [4.69, 9.17) is 21.1 Å². The monoisotopic (exact) mass is 531 g/mol. The molecule has 0 spiro atoms. The Balaban J connectivity index is 1.30. The maximum absolute atomic E-state index is 12.8. The van der Waals surface area contributed by atoms with Crippen molar-refractivity contribution in [1.29, 1.82) is 0 Å². The summed E-state index contributed by atoms with van der Waals surface area (Å²) in [6.45, 7) is 0.367. The van der Waals surface area contributed by atoms with Gasteiger partial charge in [-0.2, -0.15) is 0 Å². The van der Waals surface area contributed by atoms with Crippen LogP contribution in [0.1, 0.15) is 28.2 Å². The lowest BCUT2D eigenvalue weighted by molar-refractivity contribution is 0.142. The van der Waals surface area contributed by atoms with Crippen molar-refractivity contribution in [3.8, 4) is 16.9 Å². The van der Waals surface area contributed by atoms with Gasteiger partial charge in [-0.05, 0) is 51.6 Å². The van der Waals surface area contributed by atoms with Crippen LogP contribution in [-0.4, -0.2) is 24.9 Å². The first-order valence-corrected chi connectivity index (χ1v) is 13.1. The van der Waals surface area contributed by atoms with Gasteiger partial charge in [0, 0.05) is 22.3 Å². The number of methoxy groups -OCH3 is 1. The molecule has 0 radical (unpaired) electrons. The Kier molecular flexibility index (Phi) is 7.70. The average Bonchev–Trinajstić information content (AvgIpc) is 3.25. The Morgan fingerprint density at radius 1 is 0.946 bits per heavy atom. The number of aliphatic hydroxyl groups excluding tert-OH is 1. The second-order valence-corrected chi connectivity index (χ2v) is 10.1. The molecule has 37 heavy (non-hydrogen) atoms. The number of halogens is 1. The Bertz CT molecular complexity index is 1400. The van der Waals surface area contributed by atoms with Crippen LogP contribution in [0.3, 0.4) is 0 Å². The van der Waals surface area contributed by atoms with Crippen LogP contribution in [-0.2, 0) is 17.9 Å². The van der Waals surface area contributed by atoms with Gasteiger partial charge >= 0.3 is 6.09 Å². The van der Waals surface area contributed by atoms with Crippen LogP contribution in [0.25, 0.3) is 11.1 Å². The van der Waals surface area contributed by atoms with E-state index in [9.17, 15) is 9.90 Å². The Morgan fingerprint density at radius 3 is 2.27 bits per heavy atom. The number of nitrogens with one attached hydrogen (secondary N) is 1. The van der Waals surface area contributed by atoms with Gasteiger partial charge in [0.15, 0.2) is 0 Å². The molecule has 0 aliphatic heterocycles. The van der Waals surface area contributed by atoms with Crippen LogP contribution in [0.15, 0.2) is 94.7 Å². The van der Waals surface area contributed by atoms with Crippen LogP contribution in [0.4, 0.5) is 4.79 Å². The molecule has 0 bridgehead atoms. The number of rotatable bonds is 8. The predicted octanol–water partition coefficient (Wildman–Crippen LogP) is 7.03. The topological polar surface area (TPSA) is 67.8 Å². The molecule has 0 atom stereocenters. The third-order valence-electron chi connectivity index (χ3n) is 6.45. The van der Waals surface area contributed by atoms with Crippen molar-refractivity contribution in [3.05, 3.63) is 112 Å². The lowest BCUT2D eigenvalue weighted by Crippen LogP contribution is -2.26. The van der Waals surface area contributed by atoms with Gasteiger partial charge in [0.05, 0.1) is 18.7 Å². The zero-order valence-electron chi connectivity index (χ0n) is 20.2. The molecule has 0 aromatic heterocycles. The van der Waals surface area contributed by atoms with Crippen LogP contribution in [0.5, 0.6) is 5.75 Å². The van der Waals surface area contributed by atoms with E-state index in [1.54, 1.807) is 13.2 Å². The van der Waals surface area contributed by atoms with Gasteiger partial charge in [-0.25, -0.2) is 4.79 Å². The highest BCUT2D eigenvalue weighted by molar-refractivity contribution is 7.99. The van der Waals surface area contributed by atoms with E-state index in [-0.39, 0.29) is 25.7 Å². The molecule has 0 unspecified atom stereocenters. The molecule has 7 heteroatoms. The summed E-state index contributed by atoms with van der Waals surface area (Å²) in [4.78, 5) is 14.4. The number of benzene rings is 4. The van der Waals surface area contributed by atoms with Gasteiger partial charge in [-0.15, -0.1) is 0 Å². The standard InChI is InChI=1S/C30H26ClNO4S/c1-35-21-14-20(29(27(31)15-21)37-28-13-7-2-8-19(28)17-33)16-32-30(34)36-18-26-24-11-5-3-9-22(24)23-10-4-6-12-25(23)26/h2-15,26,33H,16-18H2,1H3,(H,32,34). The Morgan fingerprint density at radius 2 is 1.59 bits per heavy atom. The highest BCUT2D eigenvalue weighted by atomic mass is 35.5. The maximum Gasteiger partial charge on any atom is 0.407 e. The van der Waals surface area contributed by atoms with Gasteiger partial charge < -0.3 is 19.9 Å². The summed E-state index contributed by atoms with van der Waals surface area (Å²) in [7, 11) is 1.57. The molecular formula is C30H26ClNO4S. The molecule has 1 amide bonds. The van der Waals surface area contributed by atoms with Crippen molar-refractivity contribution in [2.24, 2.45) is 0 Å². The second-order valence-electron chi connectivity index (χ2n) is 8.64. The normalized spacial score (nSPS) is 12.1. The number of amides is 1. The molecule has 5 nitrogen and oxygen atoms in total. The van der Waals surface area contributed by atoms with Crippen molar-refractivity contribution in [1.82, 2.24) is 5.32 Å². The highest BCUT2D eigenvalue weighted by Gasteiger charge is 2.29. The first kappa shape index (κ1) is 25.2. The number of hydrogen-bond donors (Lipinski definition) is 2. The fraction of sp³-hybridized carbons (Fsp3) is 0.167. The molecule has 1 aliphatic rings. The average molecular weight is 532 g/mol. The Labute approximate surface area is 225 Å². The summed E-state index contributed by atoms with van der Waals surface area (Å²) in [5.74, 6) is 0.583. The first-order chi connectivity index (χ1) is 18.1. The minimum absolute atomic E-state index is 0.00878. The molecule has 0 saturated heterocycles. The number of carbonyl (C=O) groups excluding carboxylic acids is 1. The summed E-state index contributed by atoms with van der Waals surface area (Å²) < 4.78 is 11.1. The van der Waals surface area contributed by atoms with Gasteiger partial charge in [-0.1, -0.05) is 90.1 Å². The minimum atomic E-state index is -0.507. The van der Waals surface area contributed by atoms with E-state index in [1.165, 1.54) is 22.9 Å². The van der Waals surface area contributed by atoms with E-state index < -0.39 is 6.09 Å². The summed E-state index contributed by atoms with van der Waals surface area (Å²) in [5.41, 5.74) is 6.28. The highest BCUT2D eigenvalue weighted by Crippen LogP contribution is 2.44. The molecule has 5 rings (SSSR count). The van der Waals surface area contributed by atoms with Gasteiger partial charge in [0.2, 0.25) is 0 Å². The van der Waals surface area contributed by atoms with Gasteiger partial charge in [0.25, 0.3) is 0 Å². The summed E-state index contributed by atoms with van der Waals surface area (Å²) in [5, 5.41) is 13.1. The SMILES string of the molecule is COc1cc(Cl)c(Sc2ccccc2CO)c(CNC(=O)OCC2c3ccccc3-c3ccccc32)c1. The van der Waals surface area contributed by atoms with Crippen LogP contribution < -0.4 is 10.1 Å². The van der Waals surface area contributed by atoms with Crippen molar-refractivity contribution in [3.63, 3.8) is 0 Å². The molecule has 188 valence electrons. The first-order valence-electron chi connectivity index (χ1n) is 11.9. The summed E-state index contributed by atoms with van der Waals surface area (Å²) >= 11 is 8.05. The summed E-state index contributed by atoms with van der Waals surface area (Å²) in [6.07, 6.45) is -0.507. The van der Waals surface area contributed by atoms with Crippen molar-refractivity contribution in [2.45, 2.75) is 28.9 Å². The van der Waals surface area contributed by atoms with Crippen molar-refractivity contribution < 1.29 is 19.4 Å². The molecule has 4 aromatic rings. The van der Waals surface area contributed by atoms with Gasteiger partial charge in [0.1, 0.15) is 12.4 Å². The fourth-order valence-electron chi connectivity index (χ4n) is 4.65.